The lowest BCUT2D eigenvalue weighted by Gasteiger charge is -2.13. The minimum Gasteiger partial charge on any atom is -0.490 e. The monoisotopic (exact) mass is 488 g/mol. The van der Waals surface area contributed by atoms with E-state index in [1.54, 1.807) is 23.1 Å². The van der Waals surface area contributed by atoms with Crippen molar-refractivity contribution in [3.8, 4) is 27.7 Å². The van der Waals surface area contributed by atoms with Crippen LogP contribution in [0.4, 0.5) is 0 Å². The van der Waals surface area contributed by atoms with Gasteiger partial charge in [0.1, 0.15) is 10.8 Å². The summed E-state index contributed by atoms with van der Waals surface area (Å²) in [5, 5.41) is 13.0. The van der Waals surface area contributed by atoms with Crippen LogP contribution in [-0.2, 0) is 12.3 Å². The molecule has 5 rings (SSSR count). The van der Waals surface area contributed by atoms with E-state index in [-0.39, 0.29) is 0 Å². The lowest BCUT2D eigenvalue weighted by molar-refractivity contribution is 0.210. The lowest BCUT2D eigenvalue weighted by atomic mass is 10.1. The van der Waals surface area contributed by atoms with E-state index >= 15 is 0 Å². The smallest absolute Gasteiger partial charge is 0.192 e. The number of hydrogen-bond acceptors (Lipinski definition) is 6. The number of hydrogen-bond donors (Lipinski definition) is 0. The molecule has 0 bridgehead atoms. The zero-order chi connectivity index (χ0) is 23.3. The van der Waals surface area contributed by atoms with Crippen LogP contribution in [0.25, 0.3) is 22.0 Å². The molecule has 0 unspecified atom stereocenters. The largest absolute Gasteiger partial charge is 0.490 e. The first-order valence-corrected chi connectivity index (χ1v) is 13.5. The van der Waals surface area contributed by atoms with Crippen molar-refractivity contribution in [2.45, 2.75) is 56.2 Å². The number of allylic oxidation sites excluding steroid dienone is 1. The second-order valence-corrected chi connectivity index (χ2v) is 10.4. The molecule has 1 saturated carbocycles. The van der Waals surface area contributed by atoms with Crippen molar-refractivity contribution in [1.82, 2.24) is 19.7 Å². The molecule has 2 aromatic heterocycles. The number of nitrogens with zero attached hydrogens (tertiary/aromatic N) is 4. The van der Waals surface area contributed by atoms with Gasteiger partial charge in [0.25, 0.3) is 0 Å². The zero-order valence-corrected chi connectivity index (χ0v) is 20.9. The molecule has 7 heteroatoms. The number of aryl methyl sites for hydroxylation is 1. The number of ether oxygens (including phenoxy) is 1. The van der Waals surface area contributed by atoms with Gasteiger partial charge >= 0.3 is 0 Å². The highest BCUT2D eigenvalue weighted by molar-refractivity contribution is 7.98. The van der Waals surface area contributed by atoms with E-state index in [2.05, 4.69) is 70.0 Å². The van der Waals surface area contributed by atoms with Crippen LogP contribution in [0.1, 0.15) is 36.9 Å². The standard InChI is InChI=1S/C27H28N4OS2/c1-3-15-31-25(20-11-13-24(14-12-20)32-23-9-4-5-10-23)29-30-27(31)34-18-22-17-33-26(28-22)21-8-6-7-19(2)16-21/h3,6-8,11-14,16-17,23H,1,4-5,9-10,15,18H2,2H3. The van der Waals surface area contributed by atoms with Gasteiger partial charge in [-0.15, -0.1) is 28.1 Å². The first kappa shape index (κ1) is 22.9. The maximum Gasteiger partial charge on any atom is 0.192 e. The predicted octanol–water partition coefficient (Wildman–Crippen LogP) is 7.18. The maximum atomic E-state index is 6.11. The average Bonchev–Trinajstić information content (AvgIpc) is 3.61. The molecule has 0 saturated heterocycles. The van der Waals surface area contributed by atoms with Gasteiger partial charge in [-0.25, -0.2) is 4.98 Å². The lowest BCUT2D eigenvalue weighted by Crippen LogP contribution is -2.10. The van der Waals surface area contributed by atoms with Crippen molar-refractivity contribution in [1.29, 1.82) is 0 Å². The highest BCUT2D eigenvalue weighted by Crippen LogP contribution is 2.31. The third-order valence-electron chi connectivity index (χ3n) is 5.91. The minimum atomic E-state index is 0.357. The molecule has 34 heavy (non-hydrogen) atoms. The summed E-state index contributed by atoms with van der Waals surface area (Å²) in [7, 11) is 0. The summed E-state index contributed by atoms with van der Waals surface area (Å²) in [4.78, 5) is 4.84. The van der Waals surface area contributed by atoms with Crippen LogP contribution < -0.4 is 4.74 Å². The molecule has 0 amide bonds. The Morgan fingerprint density at radius 3 is 2.71 bits per heavy atom. The Bertz CT molecular complexity index is 1260. The molecule has 0 spiro atoms. The van der Waals surface area contributed by atoms with Crippen LogP contribution in [0.2, 0.25) is 0 Å². The molecule has 4 aromatic rings. The Morgan fingerprint density at radius 2 is 1.94 bits per heavy atom. The van der Waals surface area contributed by atoms with Gasteiger partial charge in [0.05, 0.1) is 11.8 Å². The van der Waals surface area contributed by atoms with E-state index in [1.807, 2.05) is 18.2 Å². The predicted molar refractivity (Wildman–Crippen MR) is 140 cm³/mol. The molecule has 0 atom stereocenters. The summed E-state index contributed by atoms with van der Waals surface area (Å²) in [5.74, 6) is 2.51. The topological polar surface area (TPSA) is 52.8 Å². The van der Waals surface area contributed by atoms with Gasteiger partial charge in [-0.05, 0) is 62.9 Å². The van der Waals surface area contributed by atoms with Crippen molar-refractivity contribution >= 4 is 23.1 Å². The highest BCUT2D eigenvalue weighted by Gasteiger charge is 2.18. The van der Waals surface area contributed by atoms with Crippen LogP contribution in [0.3, 0.4) is 0 Å². The van der Waals surface area contributed by atoms with Gasteiger partial charge < -0.3 is 4.74 Å². The summed E-state index contributed by atoms with van der Waals surface area (Å²) >= 11 is 3.33. The van der Waals surface area contributed by atoms with Crippen LogP contribution >= 0.6 is 23.1 Å². The average molecular weight is 489 g/mol. The van der Waals surface area contributed by atoms with E-state index in [4.69, 9.17) is 9.72 Å². The number of thioether (sulfide) groups is 1. The van der Waals surface area contributed by atoms with Crippen LogP contribution in [0.5, 0.6) is 5.75 Å². The van der Waals surface area contributed by atoms with E-state index < -0.39 is 0 Å². The van der Waals surface area contributed by atoms with Gasteiger partial charge in [-0.3, -0.25) is 4.57 Å². The fraction of sp³-hybridized carbons (Fsp3) is 0.296. The normalized spacial score (nSPS) is 13.9. The number of thiazole rings is 1. The van der Waals surface area contributed by atoms with E-state index in [1.165, 1.54) is 24.0 Å². The van der Waals surface area contributed by atoms with Gasteiger partial charge in [0.15, 0.2) is 11.0 Å². The van der Waals surface area contributed by atoms with Crippen molar-refractivity contribution in [3.05, 3.63) is 77.8 Å². The second kappa shape index (κ2) is 10.6. The molecule has 1 fully saturated rings. The fourth-order valence-corrected chi connectivity index (χ4v) is 5.97. The van der Waals surface area contributed by atoms with Gasteiger partial charge in [0, 0.05) is 28.8 Å². The van der Waals surface area contributed by atoms with Crippen molar-refractivity contribution in [2.75, 3.05) is 0 Å². The minimum absolute atomic E-state index is 0.357. The molecule has 1 aliphatic carbocycles. The number of rotatable bonds is 9. The maximum absolute atomic E-state index is 6.11. The molecule has 5 nitrogen and oxygen atoms in total. The van der Waals surface area contributed by atoms with Crippen LogP contribution in [0.15, 0.2) is 71.7 Å². The molecule has 0 N–H and O–H groups in total. The van der Waals surface area contributed by atoms with E-state index in [9.17, 15) is 0 Å². The number of benzene rings is 2. The van der Waals surface area contributed by atoms with Gasteiger partial charge in [-0.2, -0.15) is 0 Å². The molecule has 2 aromatic carbocycles. The third kappa shape index (κ3) is 5.26. The summed E-state index contributed by atoms with van der Waals surface area (Å²) < 4.78 is 8.22. The quantitative estimate of drug-likeness (QED) is 0.184. The Labute approximate surface area is 208 Å². The Hall–Kier alpha value is -2.90. The molecular weight excluding hydrogens is 460 g/mol. The third-order valence-corrected chi connectivity index (χ3v) is 7.85. The van der Waals surface area contributed by atoms with Crippen molar-refractivity contribution < 1.29 is 4.74 Å². The van der Waals surface area contributed by atoms with E-state index in [0.29, 0.717) is 12.6 Å². The second-order valence-electron chi connectivity index (χ2n) is 8.56. The zero-order valence-electron chi connectivity index (χ0n) is 19.3. The molecule has 1 aliphatic rings. The van der Waals surface area contributed by atoms with Crippen molar-refractivity contribution in [3.63, 3.8) is 0 Å². The molecule has 0 aliphatic heterocycles. The Morgan fingerprint density at radius 1 is 1.12 bits per heavy atom. The highest BCUT2D eigenvalue weighted by atomic mass is 32.2. The molecule has 174 valence electrons. The summed E-state index contributed by atoms with van der Waals surface area (Å²) in [6.45, 7) is 6.68. The summed E-state index contributed by atoms with van der Waals surface area (Å²) in [6, 6.07) is 16.7. The van der Waals surface area contributed by atoms with Crippen LogP contribution in [0, 0.1) is 6.92 Å². The Balaban J connectivity index is 1.29. The first-order chi connectivity index (χ1) is 16.7. The fourth-order valence-electron chi connectivity index (χ4n) is 4.21. The van der Waals surface area contributed by atoms with E-state index in [0.717, 1.165) is 51.6 Å². The first-order valence-electron chi connectivity index (χ1n) is 11.6. The Kier molecular flexibility index (Phi) is 7.11. The van der Waals surface area contributed by atoms with Gasteiger partial charge in [0.2, 0.25) is 0 Å². The van der Waals surface area contributed by atoms with Gasteiger partial charge in [-0.1, -0.05) is 41.6 Å². The molecule has 0 radical (unpaired) electrons. The molecular formula is C27H28N4OS2. The summed E-state index contributed by atoms with van der Waals surface area (Å²) in [5.41, 5.74) is 4.48. The SMILES string of the molecule is C=CCn1c(SCc2csc(-c3cccc(C)c3)n2)nnc1-c1ccc(OC2CCCC2)cc1. The number of aromatic nitrogens is 4. The summed E-state index contributed by atoms with van der Waals surface area (Å²) in [6.07, 6.45) is 7.08. The van der Waals surface area contributed by atoms with Crippen molar-refractivity contribution in [2.24, 2.45) is 0 Å². The van der Waals surface area contributed by atoms with Crippen LogP contribution in [-0.4, -0.2) is 25.9 Å². The molecule has 2 heterocycles.